The summed E-state index contributed by atoms with van der Waals surface area (Å²) in [5.41, 5.74) is -0.0893. The maximum atomic E-state index is 13.0. The maximum absolute atomic E-state index is 13.0. The molecule has 0 unspecified atom stereocenters. The fourth-order valence-electron chi connectivity index (χ4n) is 3.78. The first-order valence-corrected chi connectivity index (χ1v) is 10.4. The van der Waals surface area contributed by atoms with Crippen molar-refractivity contribution in [1.82, 2.24) is 0 Å². The first-order chi connectivity index (χ1) is 13.8. The van der Waals surface area contributed by atoms with Gasteiger partial charge >= 0.3 is 5.97 Å². The molecular formula is C20H6Cl6O3. The predicted octanol–water partition coefficient (Wildman–Crippen LogP) is 8.18. The Balaban J connectivity index is 1.98. The molecule has 3 aromatic rings. The van der Waals surface area contributed by atoms with Crippen LogP contribution in [0.1, 0.15) is 27.0 Å². The lowest BCUT2D eigenvalue weighted by atomic mass is 9.77. The fourth-order valence-corrected chi connectivity index (χ4v) is 5.17. The third-order valence-corrected chi connectivity index (χ3v) is 7.21. The van der Waals surface area contributed by atoms with E-state index in [-0.39, 0.29) is 25.7 Å². The van der Waals surface area contributed by atoms with Crippen LogP contribution in [0.3, 0.4) is 0 Å². The Morgan fingerprint density at radius 1 is 0.690 bits per heavy atom. The van der Waals surface area contributed by atoms with Gasteiger partial charge < -0.3 is 9.47 Å². The number of hydrogen-bond acceptors (Lipinski definition) is 3. The van der Waals surface area contributed by atoms with E-state index in [4.69, 9.17) is 79.1 Å². The topological polar surface area (TPSA) is 35.5 Å². The summed E-state index contributed by atoms with van der Waals surface area (Å²) in [6, 6.07) is 9.94. The third kappa shape index (κ3) is 2.56. The predicted molar refractivity (Wildman–Crippen MR) is 115 cm³/mol. The molecule has 0 N–H and O–H groups in total. The number of halogens is 6. The maximum Gasteiger partial charge on any atom is 0.341 e. The second-order valence-corrected chi connectivity index (χ2v) is 8.84. The number of esters is 1. The van der Waals surface area contributed by atoms with Crippen LogP contribution in [0.5, 0.6) is 11.5 Å². The van der Waals surface area contributed by atoms with Gasteiger partial charge in [0.05, 0.1) is 25.7 Å². The molecule has 2 aliphatic heterocycles. The molecule has 0 fully saturated rings. The lowest BCUT2D eigenvalue weighted by molar-refractivity contribution is 0.0225. The molecule has 0 radical (unpaired) electrons. The highest BCUT2D eigenvalue weighted by molar-refractivity contribution is 6.53. The van der Waals surface area contributed by atoms with Gasteiger partial charge in [-0.2, -0.15) is 0 Å². The molecule has 2 aliphatic rings. The highest BCUT2D eigenvalue weighted by atomic mass is 35.5. The molecule has 0 bridgehead atoms. The van der Waals surface area contributed by atoms with Crippen molar-refractivity contribution >= 4 is 75.6 Å². The van der Waals surface area contributed by atoms with Crippen LogP contribution < -0.4 is 4.74 Å². The summed E-state index contributed by atoms with van der Waals surface area (Å²) < 4.78 is 12.0. The van der Waals surface area contributed by atoms with Gasteiger partial charge in [0.25, 0.3) is 0 Å². The van der Waals surface area contributed by atoms with Gasteiger partial charge in [0.2, 0.25) is 0 Å². The average Bonchev–Trinajstić information content (AvgIpc) is 2.97. The van der Waals surface area contributed by atoms with Crippen LogP contribution in [0.4, 0.5) is 0 Å². The van der Waals surface area contributed by atoms with Crippen LogP contribution in [-0.2, 0) is 10.3 Å². The monoisotopic (exact) mass is 504 g/mol. The van der Waals surface area contributed by atoms with Gasteiger partial charge in [-0.3, -0.25) is 0 Å². The summed E-state index contributed by atoms with van der Waals surface area (Å²) in [5, 5.41) is 0.901. The second kappa shape index (κ2) is 6.58. The number of fused-ring (bicyclic) bond motifs is 6. The summed E-state index contributed by atoms with van der Waals surface area (Å²) in [4.78, 5) is 13.0. The molecule has 0 saturated carbocycles. The van der Waals surface area contributed by atoms with E-state index in [1.54, 1.807) is 36.4 Å². The van der Waals surface area contributed by atoms with Gasteiger partial charge in [-0.1, -0.05) is 69.6 Å². The van der Waals surface area contributed by atoms with Gasteiger partial charge in [0.15, 0.2) is 5.60 Å². The third-order valence-electron chi connectivity index (χ3n) is 4.93. The zero-order chi connectivity index (χ0) is 20.7. The van der Waals surface area contributed by atoms with E-state index in [1.165, 1.54) is 0 Å². The molecule has 0 saturated heterocycles. The van der Waals surface area contributed by atoms with Crippen LogP contribution in [0.2, 0.25) is 30.1 Å². The van der Waals surface area contributed by atoms with E-state index in [0.29, 0.717) is 38.2 Å². The van der Waals surface area contributed by atoms with Gasteiger partial charge in [-0.25, -0.2) is 4.79 Å². The summed E-state index contributed by atoms with van der Waals surface area (Å²) >= 11 is 37.8. The molecule has 3 nitrogen and oxygen atoms in total. The zero-order valence-corrected chi connectivity index (χ0v) is 18.5. The van der Waals surface area contributed by atoms with E-state index in [1.807, 2.05) is 0 Å². The Morgan fingerprint density at radius 2 is 1.21 bits per heavy atom. The molecule has 0 aromatic heterocycles. The second-order valence-electron chi connectivity index (χ2n) is 6.46. The Kier molecular flexibility index (Phi) is 4.45. The largest absolute Gasteiger partial charge is 0.456 e. The van der Waals surface area contributed by atoms with Crippen LogP contribution in [-0.4, -0.2) is 5.97 Å². The highest BCUT2D eigenvalue weighted by Gasteiger charge is 2.56. The Hall–Kier alpha value is -1.33. The van der Waals surface area contributed by atoms with E-state index in [2.05, 4.69) is 0 Å². The van der Waals surface area contributed by atoms with Crippen molar-refractivity contribution in [2.75, 3.05) is 0 Å². The van der Waals surface area contributed by atoms with E-state index < -0.39 is 11.6 Å². The van der Waals surface area contributed by atoms with Crippen LogP contribution in [0.15, 0.2) is 36.4 Å². The Bertz CT molecular complexity index is 1200. The smallest absolute Gasteiger partial charge is 0.341 e. The van der Waals surface area contributed by atoms with Crippen molar-refractivity contribution in [1.29, 1.82) is 0 Å². The SMILES string of the molecule is O=C1OC2(c3ccc(Cl)cc3Oc3cc(Cl)ccc32)c2c(Cl)c(Cl)c(Cl)c(Cl)c21. The molecular weight excluding hydrogens is 501 g/mol. The standard InChI is InChI=1S/C20H6Cl6O3/c21-7-1-3-9-11(5-7)28-12-6-8(22)2-4-10(12)20(9)14-13(19(27)29-20)15(23)17(25)18(26)16(14)24/h1-6H. The average molecular weight is 507 g/mol. The number of hydrogen-bond donors (Lipinski definition) is 0. The van der Waals surface area contributed by atoms with Crippen molar-refractivity contribution in [2.24, 2.45) is 0 Å². The highest BCUT2D eigenvalue weighted by Crippen LogP contribution is 2.60. The molecule has 146 valence electrons. The number of ether oxygens (including phenoxy) is 2. The lowest BCUT2D eigenvalue weighted by Crippen LogP contribution is -2.33. The zero-order valence-electron chi connectivity index (χ0n) is 14.0. The molecule has 0 amide bonds. The summed E-state index contributed by atoms with van der Waals surface area (Å²) in [6.07, 6.45) is 0. The summed E-state index contributed by atoms with van der Waals surface area (Å²) in [5.74, 6) is 0.0755. The molecule has 0 aliphatic carbocycles. The van der Waals surface area contributed by atoms with Crippen LogP contribution in [0.25, 0.3) is 0 Å². The molecule has 5 rings (SSSR count). The summed E-state index contributed by atoms with van der Waals surface area (Å²) in [7, 11) is 0. The van der Waals surface area contributed by atoms with Crippen molar-refractivity contribution in [3.8, 4) is 11.5 Å². The van der Waals surface area contributed by atoms with Gasteiger partial charge in [-0.05, 0) is 36.4 Å². The first kappa shape index (κ1) is 19.6. The van der Waals surface area contributed by atoms with Crippen molar-refractivity contribution in [3.05, 3.63) is 88.8 Å². The number of carbonyl (C=O) groups excluding carboxylic acids is 1. The minimum absolute atomic E-state index is 0.0206. The van der Waals surface area contributed by atoms with E-state index in [0.717, 1.165) is 0 Å². The molecule has 3 aromatic carbocycles. The van der Waals surface area contributed by atoms with Crippen molar-refractivity contribution in [2.45, 2.75) is 5.60 Å². The molecule has 2 heterocycles. The minimum Gasteiger partial charge on any atom is -0.456 e. The first-order valence-electron chi connectivity index (χ1n) is 8.13. The normalized spacial score (nSPS) is 15.4. The lowest BCUT2D eigenvalue weighted by Gasteiger charge is -2.37. The van der Waals surface area contributed by atoms with E-state index in [9.17, 15) is 4.79 Å². The molecule has 0 atom stereocenters. The number of benzene rings is 3. The van der Waals surface area contributed by atoms with Gasteiger partial charge in [0.1, 0.15) is 11.5 Å². The summed E-state index contributed by atoms with van der Waals surface area (Å²) in [6.45, 7) is 0. The van der Waals surface area contributed by atoms with Crippen LogP contribution in [0, 0.1) is 0 Å². The Labute approximate surface area is 194 Å². The van der Waals surface area contributed by atoms with Crippen molar-refractivity contribution < 1.29 is 14.3 Å². The van der Waals surface area contributed by atoms with Gasteiger partial charge in [-0.15, -0.1) is 0 Å². The minimum atomic E-state index is -1.46. The molecule has 9 heteroatoms. The number of carbonyl (C=O) groups is 1. The Morgan fingerprint density at radius 3 is 1.76 bits per heavy atom. The van der Waals surface area contributed by atoms with Crippen molar-refractivity contribution in [3.63, 3.8) is 0 Å². The number of rotatable bonds is 0. The molecule has 29 heavy (non-hydrogen) atoms. The fraction of sp³-hybridized carbons (Fsp3) is 0.0500. The molecule has 1 spiro atoms. The van der Waals surface area contributed by atoms with Crippen LogP contribution >= 0.6 is 69.6 Å². The van der Waals surface area contributed by atoms with Gasteiger partial charge in [0, 0.05) is 26.7 Å². The quantitative estimate of drug-likeness (QED) is 0.175. The van der Waals surface area contributed by atoms with E-state index >= 15 is 0 Å².